The van der Waals surface area contributed by atoms with Crippen LogP contribution in [-0.4, -0.2) is 28.9 Å². The molecule has 156 valence electrons. The van der Waals surface area contributed by atoms with Crippen molar-refractivity contribution in [2.45, 2.75) is 19.4 Å². The van der Waals surface area contributed by atoms with Crippen molar-refractivity contribution in [2.75, 3.05) is 10.6 Å². The molecule has 8 nitrogen and oxygen atoms in total. The number of amides is 2. The molecule has 2 amide bonds. The first-order valence-corrected chi connectivity index (χ1v) is 10.1. The highest BCUT2D eigenvalue weighted by molar-refractivity contribution is 7.14. The molecular weight excluding hydrogens is 416 g/mol. The van der Waals surface area contributed by atoms with Gasteiger partial charge in [-0.3, -0.25) is 14.9 Å². The highest BCUT2D eigenvalue weighted by atomic mass is 32.1. The Balaban J connectivity index is 1.55. The Labute approximate surface area is 182 Å². The summed E-state index contributed by atoms with van der Waals surface area (Å²) in [4.78, 5) is 40.4. The highest BCUT2D eigenvalue weighted by Crippen LogP contribution is 2.24. The number of nitriles is 1. The fourth-order valence-electron chi connectivity index (χ4n) is 2.53. The Morgan fingerprint density at radius 3 is 2.48 bits per heavy atom. The van der Waals surface area contributed by atoms with Gasteiger partial charge in [-0.1, -0.05) is 30.3 Å². The number of rotatable bonds is 7. The average Bonchev–Trinajstić information content (AvgIpc) is 3.23. The molecule has 1 aromatic heterocycles. The van der Waals surface area contributed by atoms with Crippen LogP contribution in [0.15, 0.2) is 60.0 Å². The lowest BCUT2D eigenvalue weighted by molar-refractivity contribution is -0.123. The van der Waals surface area contributed by atoms with Crippen LogP contribution in [0.3, 0.4) is 0 Å². The molecule has 0 radical (unpaired) electrons. The molecule has 3 aromatic rings. The number of ether oxygens (including phenoxy) is 1. The van der Waals surface area contributed by atoms with Gasteiger partial charge in [0.15, 0.2) is 11.2 Å². The second kappa shape index (κ2) is 10.1. The van der Waals surface area contributed by atoms with Crippen LogP contribution < -0.4 is 10.6 Å². The van der Waals surface area contributed by atoms with Crippen molar-refractivity contribution in [1.29, 1.82) is 5.26 Å². The molecule has 0 saturated heterocycles. The summed E-state index contributed by atoms with van der Waals surface area (Å²) in [6.45, 7) is 1.47. The number of carbonyl (C=O) groups is 3. The summed E-state index contributed by atoms with van der Waals surface area (Å²) in [6, 6.07) is 17.3. The summed E-state index contributed by atoms with van der Waals surface area (Å²) in [7, 11) is 0. The van der Waals surface area contributed by atoms with Gasteiger partial charge >= 0.3 is 5.97 Å². The molecule has 0 saturated carbocycles. The van der Waals surface area contributed by atoms with Gasteiger partial charge in [0.25, 0.3) is 5.91 Å². The van der Waals surface area contributed by atoms with Crippen LogP contribution in [0.4, 0.5) is 10.8 Å². The maximum Gasteiger partial charge on any atom is 0.338 e. The fraction of sp³-hybridized carbons (Fsp3) is 0.136. The zero-order chi connectivity index (χ0) is 22.2. The van der Waals surface area contributed by atoms with Crippen molar-refractivity contribution in [1.82, 2.24) is 4.98 Å². The molecule has 2 N–H and O–H groups in total. The van der Waals surface area contributed by atoms with Crippen LogP contribution in [0.2, 0.25) is 0 Å². The lowest BCUT2D eigenvalue weighted by Gasteiger charge is -2.12. The number of benzene rings is 2. The predicted octanol–water partition coefficient (Wildman–Crippen LogP) is 3.85. The fourth-order valence-corrected chi connectivity index (χ4v) is 3.25. The van der Waals surface area contributed by atoms with Gasteiger partial charge in [-0.05, 0) is 31.2 Å². The van der Waals surface area contributed by atoms with E-state index in [4.69, 9.17) is 10.00 Å². The van der Waals surface area contributed by atoms with E-state index in [0.717, 1.165) is 11.3 Å². The number of nitrogens with one attached hydrogen (secondary N) is 2. The lowest BCUT2D eigenvalue weighted by Crippen LogP contribution is -2.30. The Hall–Kier alpha value is -4.03. The minimum absolute atomic E-state index is 0.221. The first-order chi connectivity index (χ1) is 15.0. The van der Waals surface area contributed by atoms with Crippen LogP contribution in [0, 0.1) is 11.3 Å². The Kier molecular flexibility index (Phi) is 7.09. The molecule has 0 unspecified atom stereocenters. The predicted molar refractivity (Wildman–Crippen MR) is 116 cm³/mol. The summed E-state index contributed by atoms with van der Waals surface area (Å²) in [5.74, 6) is -1.62. The van der Waals surface area contributed by atoms with Crippen molar-refractivity contribution in [3.05, 3.63) is 65.5 Å². The quantitative estimate of drug-likeness (QED) is 0.545. The molecule has 0 aliphatic heterocycles. The van der Waals surface area contributed by atoms with Gasteiger partial charge < -0.3 is 10.1 Å². The number of nitrogens with zero attached hydrogens (tertiary/aromatic N) is 2. The zero-order valence-corrected chi connectivity index (χ0v) is 17.3. The van der Waals surface area contributed by atoms with E-state index in [2.05, 4.69) is 15.6 Å². The van der Waals surface area contributed by atoms with E-state index in [9.17, 15) is 14.4 Å². The van der Waals surface area contributed by atoms with Crippen LogP contribution >= 0.6 is 11.3 Å². The molecule has 9 heteroatoms. The number of anilines is 2. The molecule has 3 rings (SSSR count). The minimum Gasteiger partial charge on any atom is -0.449 e. The second-order valence-electron chi connectivity index (χ2n) is 6.40. The number of carbonyl (C=O) groups excluding carboxylic acids is 3. The van der Waals surface area contributed by atoms with E-state index in [-0.39, 0.29) is 12.0 Å². The van der Waals surface area contributed by atoms with Crippen molar-refractivity contribution < 1.29 is 19.1 Å². The van der Waals surface area contributed by atoms with Crippen LogP contribution in [0.5, 0.6) is 0 Å². The normalized spacial score (nSPS) is 11.1. The Morgan fingerprint density at radius 1 is 1.10 bits per heavy atom. The molecule has 0 bridgehead atoms. The smallest absolute Gasteiger partial charge is 0.338 e. The molecular formula is C22H18N4O4S. The van der Waals surface area contributed by atoms with Crippen LogP contribution in [0.1, 0.15) is 23.7 Å². The van der Waals surface area contributed by atoms with E-state index in [1.807, 2.05) is 35.7 Å². The minimum atomic E-state index is -1.04. The molecule has 0 aliphatic rings. The monoisotopic (exact) mass is 434 g/mol. The topological polar surface area (TPSA) is 121 Å². The van der Waals surface area contributed by atoms with Gasteiger partial charge in [0.2, 0.25) is 5.91 Å². The van der Waals surface area contributed by atoms with Crippen molar-refractivity contribution in [3.8, 4) is 17.3 Å². The van der Waals surface area contributed by atoms with Gasteiger partial charge in [-0.2, -0.15) is 5.26 Å². The van der Waals surface area contributed by atoms with E-state index in [0.29, 0.717) is 10.8 Å². The summed E-state index contributed by atoms with van der Waals surface area (Å²) in [6.07, 6.45) is -1.30. The first kappa shape index (κ1) is 21.7. The Bertz CT molecular complexity index is 1120. The molecule has 31 heavy (non-hydrogen) atoms. The van der Waals surface area contributed by atoms with Gasteiger partial charge in [0.05, 0.1) is 17.3 Å². The molecule has 0 fully saturated rings. The maximum atomic E-state index is 12.4. The van der Waals surface area contributed by atoms with E-state index < -0.39 is 23.9 Å². The van der Waals surface area contributed by atoms with Crippen LogP contribution in [0.25, 0.3) is 11.3 Å². The van der Waals surface area contributed by atoms with Crippen molar-refractivity contribution in [3.63, 3.8) is 0 Å². The molecule has 0 aliphatic carbocycles. The third-order valence-electron chi connectivity index (χ3n) is 4.10. The largest absolute Gasteiger partial charge is 0.449 e. The van der Waals surface area contributed by atoms with E-state index in [1.54, 1.807) is 6.07 Å². The third-order valence-corrected chi connectivity index (χ3v) is 4.86. The average molecular weight is 434 g/mol. The third kappa shape index (κ3) is 5.98. The van der Waals surface area contributed by atoms with Gasteiger partial charge in [-0.15, -0.1) is 11.3 Å². The first-order valence-electron chi connectivity index (χ1n) is 9.26. The molecule has 0 spiro atoms. The number of thiazole rings is 1. The van der Waals surface area contributed by atoms with Gasteiger partial charge in [0, 0.05) is 16.6 Å². The lowest BCUT2D eigenvalue weighted by atomic mass is 10.2. The van der Waals surface area contributed by atoms with Crippen LogP contribution in [-0.2, 0) is 14.3 Å². The maximum absolute atomic E-state index is 12.4. The molecule has 1 atom stereocenters. The molecule has 1 heterocycles. The zero-order valence-electron chi connectivity index (χ0n) is 16.5. The summed E-state index contributed by atoms with van der Waals surface area (Å²) < 4.78 is 5.22. The summed E-state index contributed by atoms with van der Waals surface area (Å²) >= 11 is 1.28. The van der Waals surface area contributed by atoms with Crippen molar-refractivity contribution >= 4 is 39.9 Å². The van der Waals surface area contributed by atoms with Crippen molar-refractivity contribution in [2.24, 2.45) is 0 Å². The molecule has 2 aromatic carbocycles. The SMILES string of the molecule is C[C@H](OC(=O)c1ccc(NC(=O)CC#N)cc1)C(=O)Nc1nc(-c2ccccc2)cs1. The Morgan fingerprint density at radius 2 is 1.81 bits per heavy atom. The highest BCUT2D eigenvalue weighted by Gasteiger charge is 2.20. The second-order valence-corrected chi connectivity index (χ2v) is 7.26. The number of aromatic nitrogens is 1. The number of esters is 1. The summed E-state index contributed by atoms with van der Waals surface area (Å²) in [5, 5.41) is 15.9. The number of hydrogen-bond donors (Lipinski definition) is 2. The van der Waals surface area contributed by atoms with Gasteiger partial charge in [0.1, 0.15) is 6.42 Å². The van der Waals surface area contributed by atoms with Gasteiger partial charge in [-0.25, -0.2) is 9.78 Å². The van der Waals surface area contributed by atoms with E-state index >= 15 is 0 Å². The summed E-state index contributed by atoms with van der Waals surface area (Å²) in [5.41, 5.74) is 2.35. The number of hydrogen-bond acceptors (Lipinski definition) is 7. The van der Waals surface area contributed by atoms with E-state index in [1.165, 1.54) is 42.5 Å². The standard InChI is InChI=1S/C22H18N4O4S/c1-14(20(28)26-22-25-18(13-31-22)15-5-3-2-4-6-15)30-21(29)16-7-9-17(10-8-16)24-19(27)11-12-23/h2-10,13-14H,11H2,1H3,(H,24,27)(H,25,26,28)/t14-/m0/s1.